The molecule has 0 N–H and O–H groups in total. The van der Waals surface area contributed by atoms with E-state index in [1.54, 1.807) is 4.90 Å². The number of benzene rings is 1. The van der Waals surface area contributed by atoms with Crippen molar-refractivity contribution < 1.29 is 14.3 Å². The lowest BCUT2D eigenvalue weighted by molar-refractivity contribution is -0.134. The zero-order chi connectivity index (χ0) is 23.4. The normalized spacial score (nSPS) is 29.3. The Morgan fingerprint density at radius 3 is 2.36 bits per heavy atom. The summed E-state index contributed by atoms with van der Waals surface area (Å²) in [5, 5.41) is 0. The number of hydrogen-bond acceptors (Lipinski definition) is 4. The van der Waals surface area contributed by atoms with Crippen LogP contribution in [0.5, 0.6) is 0 Å². The zero-order valence-corrected chi connectivity index (χ0v) is 20.0. The van der Waals surface area contributed by atoms with Gasteiger partial charge in [-0.05, 0) is 60.8 Å². The van der Waals surface area contributed by atoms with Crippen LogP contribution in [0.4, 0.5) is 5.82 Å². The molecule has 1 amide bonds. The second-order valence-electron chi connectivity index (χ2n) is 10.3. The van der Waals surface area contributed by atoms with Crippen LogP contribution in [-0.2, 0) is 14.3 Å². The first-order chi connectivity index (χ1) is 15.8. The average Bonchev–Trinajstić information content (AvgIpc) is 3.08. The fraction of sp³-hybridized carbons (Fsp3) is 0.464. The van der Waals surface area contributed by atoms with Gasteiger partial charge >= 0.3 is 0 Å². The lowest BCUT2D eigenvalue weighted by Crippen LogP contribution is -2.43. The van der Waals surface area contributed by atoms with Gasteiger partial charge in [0.15, 0.2) is 11.5 Å². The number of carbonyl (C=O) groups excluding carboxylic acids is 2. The van der Waals surface area contributed by atoms with E-state index in [0.29, 0.717) is 29.1 Å². The highest BCUT2D eigenvalue weighted by Gasteiger charge is 2.54. The van der Waals surface area contributed by atoms with Crippen molar-refractivity contribution in [3.63, 3.8) is 0 Å². The summed E-state index contributed by atoms with van der Waals surface area (Å²) in [5.41, 5.74) is 3.46. The Balaban J connectivity index is 1.63. The monoisotopic (exact) mass is 444 g/mol. The van der Waals surface area contributed by atoms with Crippen LogP contribution in [0.15, 0.2) is 53.8 Å². The molecule has 5 nitrogen and oxygen atoms in total. The van der Waals surface area contributed by atoms with Gasteiger partial charge in [0.2, 0.25) is 0 Å². The molecular formula is C28H32N2O3. The maximum atomic E-state index is 13.9. The van der Waals surface area contributed by atoms with Gasteiger partial charge in [-0.15, -0.1) is 0 Å². The number of nitrogens with zero attached hydrogens (tertiary/aromatic N) is 2. The molecule has 2 aliphatic heterocycles. The van der Waals surface area contributed by atoms with Crippen LogP contribution in [0.25, 0.3) is 0 Å². The summed E-state index contributed by atoms with van der Waals surface area (Å²) >= 11 is 0. The number of pyridine rings is 1. The van der Waals surface area contributed by atoms with Gasteiger partial charge in [-0.1, -0.05) is 58.0 Å². The molecule has 2 aromatic rings. The SMILES string of the molecule is Cc1cccc(N2C(=O)C3=C(C(=O)C4CC(C)C(C)CC4O3)C2c2ccc(C(C)C)cc2)n1. The summed E-state index contributed by atoms with van der Waals surface area (Å²) in [6.45, 7) is 10.6. The quantitative estimate of drug-likeness (QED) is 0.627. The number of rotatable bonds is 3. The van der Waals surface area contributed by atoms with Crippen LogP contribution in [0, 0.1) is 24.7 Å². The predicted molar refractivity (Wildman–Crippen MR) is 128 cm³/mol. The van der Waals surface area contributed by atoms with Crippen molar-refractivity contribution in [2.45, 2.75) is 65.5 Å². The first kappa shape index (κ1) is 21.9. The van der Waals surface area contributed by atoms with Crippen LogP contribution >= 0.6 is 0 Å². The van der Waals surface area contributed by atoms with Crippen LogP contribution in [0.1, 0.15) is 69.3 Å². The van der Waals surface area contributed by atoms with Gasteiger partial charge in [0.25, 0.3) is 5.91 Å². The Labute approximate surface area is 195 Å². The van der Waals surface area contributed by atoms with Crippen LogP contribution in [0.2, 0.25) is 0 Å². The van der Waals surface area contributed by atoms with Crippen molar-refractivity contribution >= 4 is 17.5 Å². The molecule has 5 unspecified atom stereocenters. The number of ketones is 1. The fourth-order valence-electron chi connectivity index (χ4n) is 5.54. The lowest BCUT2D eigenvalue weighted by atomic mass is 9.70. The molecule has 0 spiro atoms. The third-order valence-corrected chi connectivity index (χ3v) is 7.75. The van der Waals surface area contributed by atoms with Crippen molar-refractivity contribution in [1.82, 2.24) is 4.98 Å². The molecule has 33 heavy (non-hydrogen) atoms. The lowest BCUT2D eigenvalue weighted by Gasteiger charge is -2.40. The van der Waals surface area contributed by atoms with Gasteiger partial charge in [-0.3, -0.25) is 14.5 Å². The van der Waals surface area contributed by atoms with Crippen molar-refractivity contribution in [1.29, 1.82) is 0 Å². The standard InChI is InChI=1S/C28H32N2O3/c1-15(2)19-9-11-20(12-10-19)25-24-26(31)21-13-16(3)17(4)14-22(21)33-27(24)28(32)30(25)23-8-6-7-18(5)29-23/h6-12,15-17,21-22,25H,13-14H2,1-5H3. The molecule has 1 aromatic carbocycles. The Morgan fingerprint density at radius 1 is 1.00 bits per heavy atom. The maximum Gasteiger partial charge on any atom is 0.295 e. The van der Waals surface area contributed by atoms with Crippen LogP contribution in [0.3, 0.4) is 0 Å². The van der Waals surface area contributed by atoms with Crippen molar-refractivity contribution in [3.8, 4) is 0 Å². The highest BCUT2D eigenvalue weighted by molar-refractivity contribution is 6.17. The van der Waals surface area contributed by atoms with Gasteiger partial charge in [0, 0.05) is 5.69 Å². The second-order valence-corrected chi connectivity index (χ2v) is 10.3. The van der Waals surface area contributed by atoms with Crippen molar-refractivity contribution in [2.24, 2.45) is 17.8 Å². The number of fused-ring (bicyclic) bond motifs is 1. The summed E-state index contributed by atoms with van der Waals surface area (Å²) in [6, 6.07) is 13.4. The molecular weight excluding hydrogens is 412 g/mol. The van der Waals surface area contributed by atoms with E-state index < -0.39 is 6.04 Å². The first-order valence-corrected chi connectivity index (χ1v) is 12.1. The van der Waals surface area contributed by atoms with E-state index >= 15 is 0 Å². The summed E-state index contributed by atoms with van der Waals surface area (Å²) in [6.07, 6.45) is 1.39. The molecule has 5 atom stereocenters. The molecule has 0 radical (unpaired) electrons. The van der Waals surface area contributed by atoms with Gasteiger partial charge in [0.1, 0.15) is 11.9 Å². The molecule has 3 aliphatic rings. The van der Waals surface area contributed by atoms with Crippen molar-refractivity contribution in [3.05, 3.63) is 70.6 Å². The third-order valence-electron chi connectivity index (χ3n) is 7.75. The molecule has 5 heteroatoms. The Hall–Kier alpha value is -2.95. The zero-order valence-electron chi connectivity index (χ0n) is 20.0. The molecule has 3 heterocycles. The third kappa shape index (κ3) is 3.58. The van der Waals surface area contributed by atoms with Gasteiger partial charge in [-0.25, -0.2) is 4.98 Å². The molecule has 1 saturated carbocycles. The van der Waals surface area contributed by atoms with E-state index in [2.05, 4.69) is 44.8 Å². The Morgan fingerprint density at radius 2 is 1.70 bits per heavy atom. The second kappa shape index (κ2) is 8.12. The summed E-state index contributed by atoms with van der Waals surface area (Å²) in [4.78, 5) is 33.9. The number of amides is 1. The maximum absolute atomic E-state index is 13.9. The van der Waals surface area contributed by atoms with Gasteiger partial charge < -0.3 is 4.74 Å². The van der Waals surface area contributed by atoms with Gasteiger partial charge in [-0.2, -0.15) is 0 Å². The minimum absolute atomic E-state index is 0.0708. The van der Waals surface area contributed by atoms with Crippen molar-refractivity contribution in [2.75, 3.05) is 4.90 Å². The molecule has 1 aliphatic carbocycles. The van der Waals surface area contributed by atoms with E-state index in [0.717, 1.165) is 24.1 Å². The largest absolute Gasteiger partial charge is 0.483 e. The Bertz CT molecular complexity index is 1130. The summed E-state index contributed by atoms with van der Waals surface area (Å²) < 4.78 is 6.35. The molecule has 1 aromatic heterocycles. The summed E-state index contributed by atoms with van der Waals surface area (Å²) in [5.74, 6) is 1.71. The Kier molecular flexibility index (Phi) is 5.38. The topological polar surface area (TPSA) is 59.5 Å². The first-order valence-electron chi connectivity index (χ1n) is 12.1. The molecule has 0 bridgehead atoms. The predicted octanol–water partition coefficient (Wildman–Crippen LogP) is 5.51. The molecule has 172 valence electrons. The fourth-order valence-corrected chi connectivity index (χ4v) is 5.54. The molecule has 1 fully saturated rings. The number of ether oxygens (including phenoxy) is 1. The number of Topliss-reactive ketones (excluding diaryl/α,β-unsaturated/α-hetero) is 1. The van der Waals surface area contributed by atoms with E-state index in [-0.39, 0.29) is 29.5 Å². The minimum atomic E-state index is -0.522. The number of hydrogen-bond donors (Lipinski definition) is 0. The smallest absolute Gasteiger partial charge is 0.295 e. The van der Waals surface area contributed by atoms with E-state index in [9.17, 15) is 9.59 Å². The van der Waals surface area contributed by atoms with Crippen LogP contribution < -0.4 is 4.90 Å². The van der Waals surface area contributed by atoms with Gasteiger partial charge in [0.05, 0.1) is 17.5 Å². The molecule has 5 rings (SSSR count). The number of carbonyl (C=O) groups is 2. The highest BCUT2D eigenvalue weighted by Crippen LogP contribution is 2.49. The highest BCUT2D eigenvalue weighted by atomic mass is 16.5. The van der Waals surface area contributed by atoms with E-state index in [1.165, 1.54) is 5.56 Å². The number of aryl methyl sites for hydroxylation is 1. The summed E-state index contributed by atoms with van der Waals surface area (Å²) in [7, 11) is 0. The van der Waals surface area contributed by atoms with E-state index in [4.69, 9.17) is 4.74 Å². The number of aromatic nitrogens is 1. The minimum Gasteiger partial charge on any atom is -0.483 e. The molecule has 0 saturated heterocycles. The number of anilines is 1. The van der Waals surface area contributed by atoms with E-state index in [1.807, 2.05) is 37.3 Å². The van der Waals surface area contributed by atoms with Crippen LogP contribution in [-0.4, -0.2) is 22.8 Å². The average molecular weight is 445 g/mol.